The second-order valence-corrected chi connectivity index (χ2v) is 4.90. The fourth-order valence-electron chi connectivity index (χ4n) is 1.88. The van der Waals surface area contributed by atoms with Gasteiger partial charge in [0.2, 0.25) is 0 Å². The van der Waals surface area contributed by atoms with Crippen LogP contribution in [0.5, 0.6) is 17.2 Å². The number of nitrogens with one attached hydrogen (secondary N) is 1. The van der Waals surface area contributed by atoms with Crippen molar-refractivity contribution in [2.45, 2.75) is 0 Å². The van der Waals surface area contributed by atoms with E-state index < -0.39 is 0 Å². The van der Waals surface area contributed by atoms with E-state index in [4.69, 9.17) is 14.2 Å². The Balaban J connectivity index is 2.61. The van der Waals surface area contributed by atoms with Crippen LogP contribution in [0.15, 0.2) is 22.8 Å². The Bertz CT molecular complexity index is 650. The van der Waals surface area contributed by atoms with Crippen molar-refractivity contribution in [1.29, 1.82) is 0 Å². The summed E-state index contributed by atoms with van der Waals surface area (Å²) < 4.78 is 16.8. The summed E-state index contributed by atoms with van der Waals surface area (Å²) in [6.45, 7) is 0. The van der Waals surface area contributed by atoms with Gasteiger partial charge in [0.15, 0.2) is 17.3 Å². The summed E-state index contributed by atoms with van der Waals surface area (Å²) in [5, 5.41) is 3.00. The maximum atomic E-state index is 5.40. The molecule has 0 bridgehead atoms. The first kappa shape index (κ1) is 15.4. The van der Waals surface area contributed by atoms with Crippen molar-refractivity contribution in [3.05, 3.63) is 22.8 Å². The summed E-state index contributed by atoms with van der Waals surface area (Å²) >= 11 is 3.39. The molecule has 21 heavy (non-hydrogen) atoms. The summed E-state index contributed by atoms with van der Waals surface area (Å²) in [5.74, 6) is 3.00. The molecule has 0 aliphatic heterocycles. The summed E-state index contributed by atoms with van der Waals surface area (Å²) in [7, 11) is 6.53. The van der Waals surface area contributed by atoms with Gasteiger partial charge in [0.1, 0.15) is 11.6 Å². The third-order valence-corrected chi connectivity index (χ3v) is 3.51. The molecule has 1 aromatic heterocycles. The van der Waals surface area contributed by atoms with E-state index in [0.717, 1.165) is 10.0 Å². The monoisotopic (exact) mass is 353 g/mol. The van der Waals surface area contributed by atoms with Gasteiger partial charge < -0.3 is 19.5 Å². The molecule has 0 amide bonds. The predicted molar refractivity (Wildman–Crippen MR) is 84.4 cm³/mol. The summed E-state index contributed by atoms with van der Waals surface area (Å²) in [4.78, 5) is 8.78. The van der Waals surface area contributed by atoms with Crippen LogP contribution in [0.25, 0.3) is 11.4 Å². The second kappa shape index (κ2) is 6.62. The van der Waals surface area contributed by atoms with Gasteiger partial charge in [0, 0.05) is 19.3 Å². The Hall–Kier alpha value is -2.02. The Labute approximate surface area is 131 Å². The molecule has 2 rings (SSSR count). The summed E-state index contributed by atoms with van der Waals surface area (Å²) in [6, 6.07) is 3.54. The number of halogens is 1. The number of benzene rings is 1. The van der Waals surface area contributed by atoms with Gasteiger partial charge in [-0.25, -0.2) is 9.97 Å². The number of ether oxygens (including phenoxy) is 3. The van der Waals surface area contributed by atoms with Crippen molar-refractivity contribution in [1.82, 2.24) is 9.97 Å². The number of rotatable bonds is 5. The summed E-state index contributed by atoms with van der Waals surface area (Å²) in [5.41, 5.74) is 0.721. The molecule has 0 saturated carbocycles. The van der Waals surface area contributed by atoms with E-state index in [0.29, 0.717) is 28.9 Å². The third-order valence-electron chi connectivity index (χ3n) is 2.93. The first-order chi connectivity index (χ1) is 10.1. The van der Waals surface area contributed by atoms with Gasteiger partial charge in [-0.15, -0.1) is 0 Å². The molecule has 0 aliphatic rings. The van der Waals surface area contributed by atoms with Crippen molar-refractivity contribution < 1.29 is 14.2 Å². The van der Waals surface area contributed by atoms with Crippen molar-refractivity contribution in [2.24, 2.45) is 0 Å². The van der Waals surface area contributed by atoms with Crippen molar-refractivity contribution >= 4 is 21.7 Å². The van der Waals surface area contributed by atoms with Crippen LogP contribution < -0.4 is 19.5 Å². The van der Waals surface area contributed by atoms with Gasteiger partial charge >= 0.3 is 0 Å². The van der Waals surface area contributed by atoms with Crippen LogP contribution >= 0.6 is 15.9 Å². The minimum Gasteiger partial charge on any atom is -0.496 e. The Kier molecular flexibility index (Phi) is 4.85. The highest BCUT2D eigenvalue weighted by Crippen LogP contribution is 2.39. The zero-order valence-corrected chi connectivity index (χ0v) is 13.8. The van der Waals surface area contributed by atoms with Crippen LogP contribution in [0, 0.1) is 0 Å². The number of anilines is 1. The average Bonchev–Trinajstić information content (AvgIpc) is 2.54. The van der Waals surface area contributed by atoms with E-state index in [1.54, 1.807) is 46.7 Å². The number of methoxy groups -OCH3 is 3. The lowest BCUT2D eigenvalue weighted by Gasteiger charge is -2.14. The quantitative estimate of drug-likeness (QED) is 0.891. The molecule has 1 heterocycles. The van der Waals surface area contributed by atoms with Gasteiger partial charge in [-0.2, -0.15) is 0 Å². The van der Waals surface area contributed by atoms with E-state index in [2.05, 4.69) is 31.2 Å². The van der Waals surface area contributed by atoms with Crippen molar-refractivity contribution in [3.63, 3.8) is 0 Å². The number of aromatic nitrogens is 2. The number of hydrogen-bond acceptors (Lipinski definition) is 6. The highest BCUT2D eigenvalue weighted by Gasteiger charge is 2.16. The van der Waals surface area contributed by atoms with Gasteiger partial charge in [-0.1, -0.05) is 0 Å². The molecule has 2 aromatic rings. The fourth-order valence-corrected chi connectivity index (χ4v) is 2.27. The zero-order chi connectivity index (χ0) is 15.4. The SMILES string of the molecule is CNc1nc(-c2cc(OC)c(OC)cc2OC)ncc1Br. The van der Waals surface area contributed by atoms with Gasteiger partial charge in [-0.3, -0.25) is 0 Å². The standard InChI is InChI=1S/C14H16BrN3O3/c1-16-14-9(15)7-17-13(18-14)8-5-11(20-3)12(21-4)6-10(8)19-2/h5-7H,1-4H3,(H,16,17,18). The van der Waals surface area contributed by atoms with E-state index >= 15 is 0 Å². The molecule has 7 heteroatoms. The fraction of sp³-hybridized carbons (Fsp3) is 0.286. The third kappa shape index (κ3) is 3.02. The predicted octanol–water partition coefficient (Wildman–Crippen LogP) is 2.97. The molecule has 1 N–H and O–H groups in total. The molecule has 0 unspecified atom stereocenters. The molecular weight excluding hydrogens is 338 g/mol. The van der Waals surface area contributed by atoms with Crippen molar-refractivity contribution in [3.8, 4) is 28.6 Å². The molecule has 0 spiro atoms. The van der Waals surface area contributed by atoms with Gasteiger partial charge in [-0.05, 0) is 22.0 Å². The maximum absolute atomic E-state index is 5.40. The highest BCUT2D eigenvalue weighted by atomic mass is 79.9. The molecule has 6 nitrogen and oxygen atoms in total. The normalized spacial score (nSPS) is 10.1. The van der Waals surface area contributed by atoms with Crippen LogP contribution in [0.1, 0.15) is 0 Å². The molecule has 0 radical (unpaired) electrons. The van der Waals surface area contributed by atoms with Crippen molar-refractivity contribution in [2.75, 3.05) is 33.7 Å². The van der Waals surface area contributed by atoms with Crippen LogP contribution in [-0.2, 0) is 0 Å². The number of hydrogen-bond donors (Lipinski definition) is 1. The topological polar surface area (TPSA) is 65.5 Å². The van der Waals surface area contributed by atoms with E-state index in [1.165, 1.54) is 0 Å². The van der Waals surface area contributed by atoms with Crippen LogP contribution in [0.4, 0.5) is 5.82 Å². The summed E-state index contributed by atoms with van der Waals surface area (Å²) in [6.07, 6.45) is 1.68. The molecule has 0 atom stereocenters. The Morgan fingerprint density at radius 2 is 1.62 bits per heavy atom. The zero-order valence-electron chi connectivity index (χ0n) is 12.2. The Morgan fingerprint density at radius 3 is 2.19 bits per heavy atom. The molecule has 1 aromatic carbocycles. The minimum absolute atomic E-state index is 0.528. The lowest BCUT2D eigenvalue weighted by Crippen LogP contribution is -2.00. The van der Waals surface area contributed by atoms with E-state index in [9.17, 15) is 0 Å². The molecule has 0 saturated heterocycles. The number of nitrogens with zero attached hydrogens (tertiary/aromatic N) is 2. The smallest absolute Gasteiger partial charge is 0.165 e. The largest absolute Gasteiger partial charge is 0.496 e. The van der Waals surface area contributed by atoms with Crippen LogP contribution in [0.2, 0.25) is 0 Å². The van der Waals surface area contributed by atoms with Crippen LogP contribution in [0.3, 0.4) is 0 Å². The maximum Gasteiger partial charge on any atom is 0.165 e. The molecule has 0 fully saturated rings. The lowest BCUT2D eigenvalue weighted by atomic mass is 10.1. The first-order valence-electron chi connectivity index (χ1n) is 6.15. The lowest BCUT2D eigenvalue weighted by molar-refractivity contribution is 0.349. The molecular formula is C14H16BrN3O3. The highest BCUT2D eigenvalue weighted by molar-refractivity contribution is 9.10. The van der Waals surface area contributed by atoms with Crippen LogP contribution in [-0.4, -0.2) is 38.3 Å². The molecule has 0 aliphatic carbocycles. The van der Waals surface area contributed by atoms with Gasteiger partial charge in [0.25, 0.3) is 0 Å². The average molecular weight is 354 g/mol. The minimum atomic E-state index is 0.528. The second-order valence-electron chi connectivity index (χ2n) is 4.05. The first-order valence-corrected chi connectivity index (χ1v) is 6.94. The van der Waals surface area contributed by atoms with E-state index in [-0.39, 0.29) is 0 Å². The Morgan fingerprint density at radius 1 is 1.00 bits per heavy atom. The van der Waals surface area contributed by atoms with Gasteiger partial charge in [0.05, 0.1) is 31.4 Å². The molecule has 112 valence electrons. The van der Waals surface area contributed by atoms with E-state index in [1.807, 2.05) is 0 Å².